The fourth-order valence-electron chi connectivity index (χ4n) is 2.96. The molecule has 2 rings (SSSR count). The van der Waals surface area contributed by atoms with Crippen LogP contribution in [0.15, 0.2) is 0 Å². The number of ether oxygens (including phenoxy) is 1. The first kappa shape index (κ1) is 13.4. The lowest BCUT2D eigenvalue weighted by Crippen LogP contribution is -2.30. The van der Waals surface area contributed by atoms with Crippen molar-refractivity contribution in [2.24, 2.45) is 11.3 Å². The summed E-state index contributed by atoms with van der Waals surface area (Å²) in [5, 5.41) is 3.63. The third-order valence-electron chi connectivity index (χ3n) is 4.22. The highest BCUT2D eigenvalue weighted by atomic mass is 16.5. The van der Waals surface area contributed by atoms with Crippen molar-refractivity contribution in [1.29, 1.82) is 0 Å². The second kappa shape index (κ2) is 4.89. The van der Waals surface area contributed by atoms with Gasteiger partial charge in [-0.3, -0.25) is 0 Å². The zero-order valence-electron chi connectivity index (χ0n) is 12.0. The lowest BCUT2D eigenvalue weighted by atomic mass is 9.96. The van der Waals surface area contributed by atoms with E-state index in [0.29, 0.717) is 11.5 Å². The fourth-order valence-corrected chi connectivity index (χ4v) is 2.96. The monoisotopic (exact) mass is 239 g/mol. The van der Waals surface area contributed by atoms with Gasteiger partial charge in [-0.1, -0.05) is 13.8 Å². The summed E-state index contributed by atoms with van der Waals surface area (Å²) < 4.78 is 6.12. The maximum Gasteiger partial charge on any atom is 0.0631 e. The van der Waals surface area contributed by atoms with E-state index in [1.54, 1.807) is 0 Å². The summed E-state index contributed by atoms with van der Waals surface area (Å²) in [6, 6.07) is 0. The van der Waals surface area contributed by atoms with Crippen molar-refractivity contribution in [2.45, 2.75) is 71.5 Å². The lowest BCUT2D eigenvalue weighted by Gasteiger charge is -2.23. The Morgan fingerprint density at radius 2 is 1.94 bits per heavy atom. The number of hydrogen-bond donors (Lipinski definition) is 1. The molecule has 1 aliphatic heterocycles. The molecule has 2 nitrogen and oxygen atoms in total. The van der Waals surface area contributed by atoms with Crippen molar-refractivity contribution < 1.29 is 4.74 Å². The highest BCUT2D eigenvalue weighted by Gasteiger charge is 2.46. The van der Waals surface area contributed by atoms with Crippen LogP contribution in [0.25, 0.3) is 0 Å². The zero-order valence-corrected chi connectivity index (χ0v) is 12.0. The third kappa shape index (κ3) is 3.96. The Hall–Kier alpha value is -0.0800. The highest BCUT2D eigenvalue weighted by Crippen LogP contribution is 2.51. The van der Waals surface area contributed by atoms with Crippen LogP contribution in [0.3, 0.4) is 0 Å². The summed E-state index contributed by atoms with van der Waals surface area (Å²) in [5.41, 5.74) is 0.714. The van der Waals surface area contributed by atoms with Gasteiger partial charge < -0.3 is 10.1 Å². The molecule has 2 heteroatoms. The number of nitrogens with one attached hydrogen (secondary N) is 1. The molecule has 0 aromatic carbocycles. The summed E-state index contributed by atoms with van der Waals surface area (Å²) in [5.74, 6) is 0.757. The standard InChI is InChI=1S/C15H29NO/c1-12(2)10-16-11-15(7-8-15)9-13-5-6-14(3,4)17-13/h12-13,16H,5-11H2,1-4H3. The smallest absolute Gasteiger partial charge is 0.0631 e. The van der Waals surface area contributed by atoms with Crippen molar-refractivity contribution in [1.82, 2.24) is 5.32 Å². The van der Waals surface area contributed by atoms with E-state index in [2.05, 4.69) is 33.0 Å². The van der Waals surface area contributed by atoms with Crippen LogP contribution in [-0.2, 0) is 4.74 Å². The van der Waals surface area contributed by atoms with E-state index in [4.69, 9.17) is 4.74 Å². The van der Waals surface area contributed by atoms with Crippen LogP contribution in [-0.4, -0.2) is 24.8 Å². The molecule has 2 aliphatic rings. The quantitative estimate of drug-likeness (QED) is 0.767. The molecule has 17 heavy (non-hydrogen) atoms. The number of hydrogen-bond acceptors (Lipinski definition) is 2. The van der Waals surface area contributed by atoms with Crippen LogP contribution in [0.4, 0.5) is 0 Å². The van der Waals surface area contributed by atoms with Gasteiger partial charge in [0.05, 0.1) is 11.7 Å². The van der Waals surface area contributed by atoms with Gasteiger partial charge >= 0.3 is 0 Å². The van der Waals surface area contributed by atoms with Crippen molar-refractivity contribution in [3.8, 4) is 0 Å². The number of rotatable bonds is 6. The molecular formula is C15H29NO. The maximum absolute atomic E-state index is 6.12. The predicted octanol–water partition coefficient (Wildman–Crippen LogP) is 3.36. The summed E-state index contributed by atoms with van der Waals surface area (Å²) in [7, 11) is 0. The molecule has 1 aliphatic carbocycles. The molecule has 1 heterocycles. The van der Waals surface area contributed by atoms with Gasteiger partial charge in [-0.25, -0.2) is 0 Å². The predicted molar refractivity (Wildman–Crippen MR) is 72.2 cm³/mol. The molecule has 0 aromatic heterocycles. The van der Waals surface area contributed by atoms with Gasteiger partial charge in [0.25, 0.3) is 0 Å². The van der Waals surface area contributed by atoms with Crippen LogP contribution in [0.5, 0.6) is 0 Å². The minimum atomic E-state index is 0.131. The Bertz CT molecular complexity index is 256. The lowest BCUT2D eigenvalue weighted by molar-refractivity contribution is -0.0263. The van der Waals surface area contributed by atoms with Crippen molar-refractivity contribution >= 4 is 0 Å². The van der Waals surface area contributed by atoms with Crippen molar-refractivity contribution in [3.63, 3.8) is 0 Å². The molecule has 1 saturated carbocycles. The van der Waals surface area contributed by atoms with E-state index in [9.17, 15) is 0 Å². The van der Waals surface area contributed by atoms with Crippen LogP contribution >= 0.6 is 0 Å². The molecule has 2 fully saturated rings. The molecule has 0 bridgehead atoms. The summed E-state index contributed by atoms with van der Waals surface area (Å²) in [6.45, 7) is 11.3. The van der Waals surface area contributed by atoms with Crippen molar-refractivity contribution in [2.75, 3.05) is 13.1 Å². The first-order chi connectivity index (χ1) is 7.91. The molecule has 1 atom stereocenters. The average molecular weight is 239 g/mol. The van der Waals surface area contributed by atoms with E-state index < -0.39 is 0 Å². The van der Waals surface area contributed by atoms with Crippen LogP contribution in [0.2, 0.25) is 0 Å². The van der Waals surface area contributed by atoms with E-state index in [1.165, 1.54) is 38.6 Å². The Kier molecular flexibility index (Phi) is 3.84. The molecule has 1 unspecified atom stereocenters. The molecule has 1 saturated heterocycles. The highest BCUT2D eigenvalue weighted by molar-refractivity contribution is 4.98. The van der Waals surface area contributed by atoms with Crippen LogP contribution in [0.1, 0.15) is 59.8 Å². The van der Waals surface area contributed by atoms with E-state index in [-0.39, 0.29) is 5.60 Å². The maximum atomic E-state index is 6.12. The summed E-state index contributed by atoms with van der Waals surface area (Å²) in [6.07, 6.45) is 7.10. The second-order valence-electron chi connectivity index (χ2n) is 7.27. The molecule has 0 radical (unpaired) electrons. The molecular weight excluding hydrogens is 210 g/mol. The Balaban J connectivity index is 1.71. The van der Waals surface area contributed by atoms with Crippen molar-refractivity contribution in [3.05, 3.63) is 0 Å². The van der Waals surface area contributed by atoms with Gasteiger partial charge in [-0.05, 0) is 63.8 Å². The molecule has 0 spiro atoms. The van der Waals surface area contributed by atoms with E-state index in [0.717, 1.165) is 12.5 Å². The largest absolute Gasteiger partial charge is 0.372 e. The van der Waals surface area contributed by atoms with Gasteiger partial charge in [0.15, 0.2) is 0 Å². The summed E-state index contributed by atoms with van der Waals surface area (Å²) in [4.78, 5) is 0. The van der Waals surface area contributed by atoms with E-state index in [1.807, 2.05) is 0 Å². The second-order valence-corrected chi connectivity index (χ2v) is 7.27. The van der Waals surface area contributed by atoms with Gasteiger partial charge in [-0.2, -0.15) is 0 Å². The Labute approximate surface area is 107 Å². The fraction of sp³-hybridized carbons (Fsp3) is 1.00. The van der Waals surface area contributed by atoms with Gasteiger partial charge in [0.1, 0.15) is 0 Å². The summed E-state index contributed by atoms with van der Waals surface area (Å²) >= 11 is 0. The topological polar surface area (TPSA) is 21.3 Å². The SMILES string of the molecule is CC(C)CNCC1(CC2CCC(C)(C)O2)CC1. The van der Waals surface area contributed by atoms with Gasteiger partial charge in [0, 0.05) is 6.54 Å². The zero-order chi connectivity index (χ0) is 12.5. The van der Waals surface area contributed by atoms with Crippen LogP contribution in [0, 0.1) is 11.3 Å². The molecule has 100 valence electrons. The molecule has 0 aromatic rings. The van der Waals surface area contributed by atoms with Gasteiger partial charge in [-0.15, -0.1) is 0 Å². The first-order valence-electron chi connectivity index (χ1n) is 7.29. The third-order valence-corrected chi connectivity index (χ3v) is 4.22. The molecule has 1 N–H and O–H groups in total. The molecule has 0 amide bonds. The Morgan fingerprint density at radius 3 is 2.41 bits per heavy atom. The minimum Gasteiger partial charge on any atom is -0.372 e. The average Bonchev–Trinajstić information content (AvgIpc) is 2.85. The minimum absolute atomic E-state index is 0.131. The first-order valence-corrected chi connectivity index (χ1v) is 7.29. The normalized spacial score (nSPS) is 29.8. The van der Waals surface area contributed by atoms with E-state index >= 15 is 0 Å². The van der Waals surface area contributed by atoms with Crippen LogP contribution < -0.4 is 5.32 Å². The Morgan fingerprint density at radius 1 is 1.24 bits per heavy atom. The van der Waals surface area contributed by atoms with Gasteiger partial charge in [0.2, 0.25) is 0 Å².